The van der Waals surface area contributed by atoms with E-state index < -0.39 is 11.7 Å². The van der Waals surface area contributed by atoms with E-state index in [1.54, 1.807) is 36.4 Å². The number of halogens is 1. The van der Waals surface area contributed by atoms with Gasteiger partial charge in [-0.25, -0.2) is 9.07 Å². The molecule has 128 valence electrons. The van der Waals surface area contributed by atoms with E-state index in [0.717, 1.165) is 5.56 Å². The molecule has 0 unspecified atom stereocenters. The Morgan fingerprint density at radius 3 is 2.52 bits per heavy atom. The minimum atomic E-state index is -0.560. The summed E-state index contributed by atoms with van der Waals surface area (Å²) in [7, 11) is 0. The molecule has 5 nitrogen and oxygen atoms in total. The van der Waals surface area contributed by atoms with Gasteiger partial charge in [0.25, 0.3) is 11.5 Å². The fourth-order valence-electron chi connectivity index (χ4n) is 2.64. The summed E-state index contributed by atoms with van der Waals surface area (Å²) in [5, 5.41) is 7.61. The zero-order valence-corrected chi connectivity index (χ0v) is 14.2. The molecular formula is C19H18FN3O2. The molecule has 0 spiro atoms. The van der Waals surface area contributed by atoms with Crippen molar-refractivity contribution in [1.82, 2.24) is 9.78 Å². The number of carbonyl (C=O) groups excluding carboxylic acids is 1. The molecule has 1 heterocycles. The lowest BCUT2D eigenvalue weighted by molar-refractivity contribution is 0.102. The maximum absolute atomic E-state index is 13.9. The zero-order valence-electron chi connectivity index (χ0n) is 14.2. The van der Waals surface area contributed by atoms with Gasteiger partial charge in [-0.05, 0) is 44.5 Å². The van der Waals surface area contributed by atoms with Gasteiger partial charge in [-0.2, -0.15) is 5.10 Å². The summed E-state index contributed by atoms with van der Waals surface area (Å²) in [6, 6.07) is 11.0. The predicted molar refractivity (Wildman–Crippen MR) is 95.5 cm³/mol. The molecule has 0 aliphatic carbocycles. The first kappa shape index (κ1) is 16.8. The summed E-state index contributed by atoms with van der Waals surface area (Å²) in [6.07, 6.45) is 0. The van der Waals surface area contributed by atoms with Gasteiger partial charge in [0, 0.05) is 5.39 Å². The van der Waals surface area contributed by atoms with Crippen molar-refractivity contribution in [2.24, 2.45) is 0 Å². The SMILES string of the molecule is Cc1ccc(F)c(NC(=O)c2nn(C(C)C)c(=O)c3ccccc23)c1. The van der Waals surface area contributed by atoms with E-state index in [1.165, 1.54) is 10.7 Å². The van der Waals surface area contributed by atoms with Crippen molar-refractivity contribution in [2.45, 2.75) is 26.8 Å². The number of rotatable bonds is 3. The van der Waals surface area contributed by atoms with Crippen molar-refractivity contribution in [3.8, 4) is 0 Å². The van der Waals surface area contributed by atoms with Gasteiger partial charge < -0.3 is 5.32 Å². The van der Waals surface area contributed by atoms with Crippen molar-refractivity contribution in [2.75, 3.05) is 5.32 Å². The average Bonchev–Trinajstić information content (AvgIpc) is 2.58. The van der Waals surface area contributed by atoms with E-state index in [-0.39, 0.29) is 23.0 Å². The highest BCUT2D eigenvalue weighted by molar-refractivity contribution is 6.11. The van der Waals surface area contributed by atoms with Crippen LogP contribution >= 0.6 is 0 Å². The van der Waals surface area contributed by atoms with E-state index in [4.69, 9.17) is 0 Å². The molecule has 6 heteroatoms. The van der Waals surface area contributed by atoms with Crippen LogP contribution in [-0.4, -0.2) is 15.7 Å². The Balaban J connectivity index is 2.14. The topological polar surface area (TPSA) is 64.0 Å². The highest BCUT2D eigenvalue weighted by Crippen LogP contribution is 2.19. The number of hydrogen-bond donors (Lipinski definition) is 1. The number of hydrogen-bond acceptors (Lipinski definition) is 3. The Hall–Kier alpha value is -3.02. The summed E-state index contributed by atoms with van der Waals surface area (Å²) < 4.78 is 15.2. The third-order valence-corrected chi connectivity index (χ3v) is 3.90. The predicted octanol–water partition coefficient (Wildman–Crippen LogP) is 3.68. The fourth-order valence-corrected chi connectivity index (χ4v) is 2.64. The molecule has 1 amide bonds. The first-order valence-corrected chi connectivity index (χ1v) is 7.97. The standard InChI is InChI=1S/C19H18FN3O2/c1-11(2)23-19(25)14-7-5-4-6-13(14)17(22-23)18(24)21-16-10-12(3)8-9-15(16)20/h4-11H,1-3H3,(H,21,24). The molecule has 0 saturated heterocycles. The molecule has 3 rings (SSSR count). The van der Waals surface area contributed by atoms with Crippen molar-refractivity contribution >= 4 is 22.4 Å². The Kier molecular flexibility index (Phi) is 4.35. The second kappa shape index (κ2) is 6.47. The van der Waals surface area contributed by atoms with Crippen LogP contribution < -0.4 is 10.9 Å². The molecule has 25 heavy (non-hydrogen) atoms. The van der Waals surface area contributed by atoms with Crippen molar-refractivity contribution < 1.29 is 9.18 Å². The van der Waals surface area contributed by atoms with Crippen molar-refractivity contribution in [1.29, 1.82) is 0 Å². The molecule has 3 aromatic rings. The van der Waals surface area contributed by atoms with Crippen LogP contribution in [0.1, 0.15) is 35.9 Å². The summed E-state index contributed by atoms with van der Waals surface area (Å²) >= 11 is 0. The first-order valence-electron chi connectivity index (χ1n) is 7.97. The number of amides is 1. The largest absolute Gasteiger partial charge is 0.318 e. The van der Waals surface area contributed by atoms with Gasteiger partial charge in [-0.3, -0.25) is 9.59 Å². The van der Waals surface area contributed by atoms with Crippen LogP contribution in [0, 0.1) is 12.7 Å². The van der Waals surface area contributed by atoms with E-state index >= 15 is 0 Å². The van der Waals surface area contributed by atoms with Crippen LogP contribution in [-0.2, 0) is 0 Å². The maximum Gasteiger partial charge on any atom is 0.276 e. The van der Waals surface area contributed by atoms with E-state index in [2.05, 4.69) is 10.4 Å². The maximum atomic E-state index is 13.9. The van der Waals surface area contributed by atoms with Crippen molar-refractivity contribution in [3.05, 3.63) is 69.9 Å². The number of carbonyl (C=O) groups is 1. The molecule has 0 aliphatic heterocycles. The minimum absolute atomic E-state index is 0.0816. The normalized spacial score (nSPS) is 11.1. The lowest BCUT2D eigenvalue weighted by Crippen LogP contribution is -2.29. The lowest BCUT2D eigenvalue weighted by Gasteiger charge is -2.14. The number of anilines is 1. The first-order chi connectivity index (χ1) is 11.9. The molecular weight excluding hydrogens is 321 g/mol. The van der Waals surface area contributed by atoms with E-state index in [9.17, 15) is 14.0 Å². The Morgan fingerprint density at radius 2 is 1.84 bits per heavy atom. The lowest BCUT2D eigenvalue weighted by atomic mass is 10.1. The number of fused-ring (bicyclic) bond motifs is 1. The zero-order chi connectivity index (χ0) is 18.1. The van der Waals surface area contributed by atoms with E-state index in [1.807, 2.05) is 20.8 Å². The molecule has 0 saturated carbocycles. The van der Waals surface area contributed by atoms with Gasteiger partial charge in [0.2, 0.25) is 0 Å². The van der Waals surface area contributed by atoms with Crippen molar-refractivity contribution in [3.63, 3.8) is 0 Å². The van der Waals surface area contributed by atoms with Gasteiger partial charge in [-0.1, -0.05) is 24.3 Å². The highest BCUT2D eigenvalue weighted by atomic mass is 19.1. The van der Waals surface area contributed by atoms with Gasteiger partial charge in [0.15, 0.2) is 5.69 Å². The van der Waals surface area contributed by atoms with Crippen LogP contribution in [0.4, 0.5) is 10.1 Å². The second-order valence-corrected chi connectivity index (χ2v) is 6.18. The fraction of sp³-hybridized carbons (Fsp3) is 0.211. The molecule has 0 radical (unpaired) electrons. The molecule has 2 aromatic carbocycles. The van der Waals surface area contributed by atoms with E-state index in [0.29, 0.717) is 10.8 Å². The third-order valence-electron chi connectivity index (χ3n) is 3.90. The Bertz CT molecular complexity index is 1020. The summed E-state index contributed by atoms with van der Waals surface area (Å²) in [6.45, 7) is 5.43. The number of aromatic nitrogens is 2. The number of aryl methyl sites for hydroxylation is 1. The quantitative estimate of drug-likeness (QED) is 0.792. The third kappa shape index (κ3) is 3.15. The minimum Gasteiger partial charge on any atom is -0.318 e. The molecule has 0 atom stereocenters. The van der Waals surface area contributed by atoms with Crippen LogP contribution in [0.15, 0.2) is 47.3 Å². The summed E-state index contributed by atoms with van der Waals surface area (Å²) in [5.41, 5.74) is 0.730. The molecule has 0 aliphatic rings. The molecule has 0 bridgehead atoms. The summed E-state index contributed by atoms with van der Waals surface area (Å²) in [4.78, 5) is 25.2. The van der Waals surface area contributed by atoms with Crippen LogP contribution in [0.3, 0.4) is 0 Å². The monoisotopic (exact) mass is 339 g/mol. The number of nitrogens with zero attached hydrogens (tertiary/aromatic N) is 2. The molecule has 1 aromatic heterocycles. The van der Waals surface area contributed by atoms with Crippen LogP contribution in [0.25, 0.3) is 10.8 Å². The van der Waals surface area contributed by atoms with Gasteiger partial charge in [-0.15, -0.1) is 0 Å². The second-order valence-electron chi connectivity index (χ2n) is 6.18. The van der Waals surface area contributed by atoms with Gasteiger partial charge in [0.05, 0.1) is 17.1 Å². The Labute approximate surface area is 144 Å². The average molecular weight is 339 g/mol. The van der Waals surface area contributed by atoms with Crippen LogP contribution in [0.2, 0.25) is 0 Å². The highest BCUT2D eigenvalue weighted by Gasteiger charge is 2.18. The summed E-state index contributed by atoms with van der Waals surface area (Å²) in [5.74, 6) is -1.09. The molecule has 1 N–H and O–H groups in total. The van der Waals surface area contributed by atoms with Gasteiger partial charge >= 0.3 is 0 Å². The van der Waals surface area contributed by atoms with Gasteiger partial charge in [0.1, 0.15) is 5.82 Å². The smallest absolute Gasteiger partial charge is 0.276 e. The number of benzene rings is 2. The van der Waals surface area contributed by atoms with Crippen LogP contribution in [0.5, 0.6) is 0 Å². The molecule has 0 fully saturated rings. The number of nitrogens with one attached hydrogen (secondary N) is 1. The Morgan fingerprint density at radius 1 is 1.16 bits per heavy atom.